The molecule has 2 rings (SSSR count). The van der Waals surface area contributed by atoms with Crippen LogP contribution in [0.4, 0.5) is 0 Å². The summed E-state index contributed by atoms with van der Waals surface area (Å²) in [5.41, 5.74) is 0.338. The average molecular weight is 265 g/mol. The van der Waals surface area contributed by atoms with E-state index in [4.69, 9.17) is 9.47 Å². The molecule has 1 aliphatic rings. The van der Waals surface area contributed by atoms with Crippen LogP contribution in [0.5, 0.6) is 5.75 Å². The molecule has 1 aromatic rings. The molecular weight excluding hydrogens is 246 g/mol. The van der Waals surface area contributed by atoms with Gasteiger partial charge in [0, 0.05) is 40.2 Å². The molecule has 0 saturated carbocycles. The predicted octanol–water partition coefficient (Wildman–Crippen LogP) is 1.62. The van der Waals surface area contributed by atoms with E-state index < -0.39 is 5.79 Å². The molecule has 0 bridgehead atoms. The molecule has 1 saturated heterocycles. The predicted molar refractivity (Wildman–Crippen MR) is 70.0 cm³/mol. The molecular formula is C14H19NO4. The standard InChI is InChI=1S/C14H19NO4/c1-18-14(19-2)7-9-15(10-8-14)13(17)11-5-3-4-6-12(11)16/h3-6,16H,7-10H2,1-2H3. The Balaban J connectivity index is 2.06. The van der Waals surface area contributed by atoms with Gasteiger partial charge in [0.25, 0.3) is 5.91 Å². The van der Waals surface area contributed by atoms with Gasteiger partial charge in [0.2, 0.25) is 0 Å². The molecule has 1 aromatic carbocycles. The smallest absolute Gasteiger partial charge is 0.257 e. The topological polar surface area (TPSA) is 59.0 Å². The lowest BCUT2D eigenvalue weighted by molar-refractivity contribution is -0.226. The number of benzene rings is 1. The summed E-state index contributed by atoms with van der Waals surface area (Å²) in [5.74, 6) is -0.725. The molecule has 1 amide bonds. The van der Waals surface area contributed by atoms with Crippen molar-refractivity contribution in [1.29, 1.82) is 0 Å². The van der Waals surface area contributed by atoms with Gasteiger partial charge in [-0.25, -0.2) is 0 Å². The molecule has 5 nitrogen and oxygen atoms in total. The summed E-state index contributed by atoms with van der Waals surface area (Å²) >= 11 is 0. The zero-order valence-electron chi connectivity index (χ0n) is 11.3. The van der Waals surface area contributed by atoms with E-state index in [2.05, 4.69) is 0 Å². The van der Waals surface area contributed by atoms with E-state index in [1.54, 1.807) is 37.3 Å². The lowest BCUT2D eigenvalue weighted by Gasteiger charge is -2.39. The number of phenolic OH excluding ortho intramolecular Hbond substituents is 1. The second kappa shape index (κ2) is 5.59. The van der Waals surface area contributed by atoms with Gasteiger partial charge in [0.15, 0.2) is 5.79 Å². The van der Waals surface area contributed by atoms with E-state index in [9.17, 15) is 9.90 Å². The highest BCUT2D eigenvalue weighted by Gasteiger charge is 2.36. The molecule has 1 aliphatic heterocycles. The summed E-state index contributed by atoms with van der Waals surface area (Å²) in [6.07, 6.45) is 1.25. The number of phenols is 1. The van der Waals surface area contributed by atoms with Crippen LogP contribution in [0.25, 0.3) is 0 Å². The van der Waals surface area contributed by atoms with Gasteiger partial charge in [-0.05, 0) is 12.1 Å². The maximum atomic E-state index is 12.3. The molecule has 104 valence electrons. The first-order chi connectivity index (χ1) is 9.12. The van der Waals surface area contributed by atoms with Crippen molar-refractivity contribution in [1.82, 2.24) is 4.90 Å². The molecule has 0 aromatic heterocycles. The second-order valence-electron chi connectivity index (χ2n) is 4.63. The molecule has 0 aliphatic carbocycles. The van der Waals surface area contributed by atoms with E-state index in [0.717, 1.165) is 0 Å². The van der Waals surface area contributed by atoms with Crippen LogP contribution in [0.3, 0.4) is 0 Å². The number of rotatable bonds is 3. The van der Waals surface area contributed by atoms with Crippen molar-refractivity contribution in [3.63, 3.8) is 0 Å². The number of piperidine rings is 1. The summed E-state index contributed by atoms with van der Waals surface area (Å²) in [6.45, 7) is 1.10. The van der Waals surface area contributed by atoms with Gasteiger partial charge >= 0.3 is 0 Å². The Morgan fingerprint density at radius 1 is 1.21 bits per heavy atom. The Morgan fingerprint density at radius 3 is 2.32 bits per heavy atom. The average Bonchev–Trinajstić information content (AvgIpc) is 2.47. The SMILES string of the molecule is COC1(OC)CCN(C(=O)c2ccccc2O)CC1. The number of carbonyl (C=O) groups is 1. The summed E-state index contributed by atoms with van der Waals surface area (Å²) in [7, 11) is 3.23. The van der Waals surface area contributed by atoms with E-state index in [1.807, 2.05) is 0 Å². The van der Waals surface area contributed by atoms with Gasteiger partial charge in [0.05, 0.1) is 5.56 Å². The first-order valence-corrected chi connectivity index (χ1v) is 6.29. The molecule has 5 heteroatoms. The number of hydrogen-bond donors (Lipinski definition) is 1. The van der Waals surface area contributed by atoms with E-state index in [-0.39, 0.29) is 11.7 Å². The van der Waals surface area contributed by atoms with Crippen molar-refractivity contribution in [2.24, 2.45) is 0 Å². The minimum absolute atomic E-state index is 0.0165. The number of methoxy groups -OCH3 is 2. The number of para-hydroxylation sites is 1. The number of carbonyl (C=O) groups excluding carboxylic acids is 1. The first kappa shape index (κ1) is 13.8. The van der Waals surface area contributed by atoms with Crippen molar-refractivity contribution in [2.75, 3.05) is 27.3 Å². The van der Waals surface area contributed by atoms with Crippen molar-refractivity contribution in [3.8, 4) is 5.75 Å². The van der Waals surface area contributed by atoms with Gasteiger partial charge in [-0.2, -0.15) is 0 Å². The van der Waals surface area contributed by atoms with Crippen molar-refractivity contribution < 1.29 is 19.4 Å². The highest BCUT2D eigenvalue weighted by atomic mass is 16.7. The van der Waals surface area contributed by atoms with E-state index >= 15 is 0 Å². The quantitative estimate of drug-likeness (QED) is 0.844. The largest absolute Gasteiger partial charge is 0.507 e. The second-order valence-corrected chi connectivity index (χ2v) is 4.63. The maximum Gasteiger partial charge on any atom is 0.257 e. The van der Waals surface area contributed by atoms with Gasteiger partial charge < -0.3 is 19.5 Å². The highest BCUT2D eigenvalue weighted by Crippen LogP contribution is 2.28. The molecule has 1 N–H and O–H groups in total. The van der Waals surface area contributed by atoms with Crippen LogP contribution < -0.4 is 0 Å². The van der Waals surface area contributed by atoms with Gasteiger partial charge in [0.1, 0.15) is 5.75 Å². The zero-order valence-corrected chi connectivity index (χ0v) is 11.3. The number of likely N-dealkylation sites (tertiary alicyclic amines) is 1. The number of hydrogen-bond acceptors (Lipinski definition) is 4. The summed E-state index contributed by atoms with van der Waals surface area (Å²) in [4.78, 5) is 14.0. The van der Waals surface area contributed by atoms with Crippen LogP contribution in [0.2, 0.25) is 0 Å². The van der Waals surface area contributed by atoms with Gasteiger partial charge in [-0.15, -0.1) is 0 Å². The molecule has 0 spiro atoms. The fourth-order valence-corrected chi connectivity index (χ4v) is 2.37. The summed E-state index contributed by atoms with van der Waals surface area (Å²) in [5, 5.41) is 9.71. The fourth-order valence-electron chi connectivity index (χ4n) is 2.37. The normalized spacial score (nSPS) is 18.3. The minimum atomic E-state index is -0.588. The summed E-state index contributed by atoms with van der Waals surface area (Å²) in [6, 6.07) is 6.59. The Kier molecular flexibility index (Phi) is 4.07. The first-order valence-electron chi connectivity index (χ1n) is 6.29. The molecule has 0 atom stereocenters. The third-order valence-corrected chi connectivity index (χ3v) is 3.69. The molecule has 0 radical (unpaired) electrons. The third-order valence-electron chi connectivity index (χ3n) is 3.69. The molecule has 0 unspecified atom stereocenters. The van der Waals surface area contributed by atoms with Crippen molar-refractivity contribution in [3.05, 3.63) is 29.8 Å². The van der Waals surface area contributed by atoms with Gasteiger partial charge in [-0.3, -0.25) is 4.79 Å². The lowest BCUT2D eigenvalue weighted by atomic mass is 10.0. The fraction of sp³-hybridized carbons (Fsp3) is 0.500. The zero-order chi connectivity index (χ0) is 13.9. The Bertz CT molecular complexity index is 447. The van der Waals surface area contributed by atoms with Crippen LogP contribution in [0.15, 0.2) is 24.3 Å². The highest BCUT2D eigenvalue weighted by molar-refractivity contribution is 5.96. The van der Waals surface area contributed by atoms with E-state index in [1.165, 1.54) is 6.07 Å². The number of aromatic hydroxyl groups is 1. The Labute approximate surface area is 112 Å². The number of ether oxygens (including phenoxy) is 2. The monoisotopic (exact) mass is 265 g/mol. The number of nitrogens with zero attached hydrogens (tertiary/aromatic N) is 1. The van der Waals surface area contributed by atoms with Crippen LogP contribution in [0, 0.1) is 0 Å². The van der Waals surface area contributed by atoms with Crippen molar-refractivity contribution in [2.45, 2.75) is 18.6 Å². The minimum Gasteiger partial charge on any atom is -0.507 e. The number of amides is 1. The Hall–Kier alpha value is -1.59. The summed E-state index contributed by atoms with van der Waals surface area (Å²) < 4.78 is 10.8. The van der Waals surface area contributed by atoms with E-state index in [0.29, 0.717) is 31.5 Å². The van der Waals surface area contributed by atoms with Crippen LogP contribution >= 0.6 is 0 Å². The molecule has 19 heavy (non-hydrogen) atoms. The van der Waals surface area contributed by atoms with Crippen molar-refractivity contribution >= 4 is 5.91 Å². The third kappa shape index (κ3) is 2.72. The van der Waals surface area contributed by atoms with Crippen LogP contribution in [0.1, 0.15) is 23.2 Å². The molecule has 1 fully saturated rings. The van der Waals surface area contributed by atoms with Gasteiger partial charge in [-0.1, -0.05) is 12.1 Å². The Morgan fingerprint density at radius 2 is 1.79 bits per heavy atom. The lowest BCUT2D eigenvalue weighted by Crippen LogP contribution is -2.48. The van der Waals surface area contributed by atoms with Crippen LogP contribution in [-0.4, -0.2) is 49.0 Å². The van der Waals surface area contributed by atoms with Crippen LogP contribution in [-0.2, 0) is 9.47 Å². The molecule has 1 heterocycles. The maximum absolute atomic E-state index is 12.3.